The summed E-state index contributed by atoms with van der Waals surface area (Å²) in [5, 5.41) is 7.09. The maximum atomic E-state index is 12.3. The maximum absolute atomic E-state index is 12.3. The van der Waals surface area contributed by atoms with Crippen LogP contribution in [-0.4, -0.2) is 25.9 Å². The van der Waals surface area contributed by atoms with Crippen molar-refractivity contribution in [3.05, 3.63) is 10.6 Å². The highest BCUT2D eigenvalue weighted by atomic mass is 79.9. The van der Waals surface area contributed by atoms with E-state index in [1.54, 1.807) is 0 Å². The van der Waals surface area contributed by atoms with E-state index in [-0.39, 0.29) is 21.7 Å². The van der Waals surface area contributed by atoms with Crippen molar-refractivity contribution in [1.29, 1.82) is 0 Å². The molecular weight excluding hydrogens is 314 g/mol. The molecule has 0 bridgehead atoms. The van der Waals surface area contributed by atoms with Gasteiger partial charge in [0.25, 0.3) is 5.91 Å². The van der Waals surface area contributed by atoms with Crippen LogP contribution in [0.4, 0.5) is 0 Å². The second-order valence-corrected chi connectivity index (χ2v) is 8.12. The van der Waals surface area contributed by atoms with Crippen molar-refractivity contribution in [2.24, 2.45) is 0 Å². The highest BCUT2D eigenvalue weighted by molar-refractivity contribution is 9.09. The van der Waals surface area contributed by atoms with E-state index >= 15 is 0 Å². The van der Waals surface area contributed by atoms with Crippen LogP contribution in [0.25, 0.3) is 0 Å². The first-order valence-electron chi connectivity index (χ1n) is 5.85. The number of aromatic nitrogens is 2. The largest absolute Gasteiger partial charge is 0.345 e. The summed E-state index contributed by atoms with van der Waals surface area (Å²) >= 11 is 4.65. The fraction of sp³-hybridized carbons (Fsp3) is 0.750. The Hall–Kier alpha value is -0.490. The fourth-order valence-corrected chi connectivity index (χ4v) is 2.17. The van der Waals surface area contributed by atoms with E-state index in [0.717, 1.165) is 17.2 Å². The molecule has 0 aliphatic rings. The van der Waals surface area contributed by atoms with Gasteiger partial charge in [-0.15, -0.1) is 5.10 Å². The van der Waals surface area contributed by atoms with Gasteiger partial charge in [0.15, 0.2) is 0 Å². The summed E-state index contributed by atoms with van der Waals surface area (Å²) in [6, 6.07) is 0. The minimum absolute atomic E-state index is 0.105. The molecule has 0 aliphatic carbocycles. The predicted molar refractivity (Wildman–Crippen MR) is 78.5 cm³/mol. The molecule has 0 saturated heterocycles. The highest BCUT2D eigenvalue weighted by Gasteiger charge is 2.31. The normalized spacial score (nSPS) is 14.4. The van der Waals surface area contributed by atoms with Crippen molar-refractivity contribution < 1.29 is 4.79 Å². The van der Waals surface area contributed by atoms with Gasteiger partial charge in [0, 0.05) is 15.8 Å². The molecule has 0 saturated carbocycles. The zero-order valence-electron chi connectivity index (χ0n) is 11.7. The third kappa shape index (κ3) is 3.51. The standard InChI is InChI=1S/C12H20BrN3OS/c1-7(13)12(5,6)14-10(17)8-9(11(2,3)4)15-16-18-8/h7H,1-6H3,(H,14,17). The van der Waals surface area contributed by atoms with Gasteiger partial charge in [0.2, 0.25) is 0 Å². The van der Waals surface area contributed by atoms with Gasteiger partial charge >= 0.3 is 0 Å². The highest BCUT2D eigenvalue weighted by Crippen LogP contribution is 2.26. The minimum atomic E-state index is -0.323. The van der Waals surface area contributed by atoms with Gasteiger partial charge in [-0.05, 0) is 25.4 Å². The topological polar surface area (TPSA) is 54.9 Å². The monoisotopic (exact) mass is 333 g/mol. The van der Waals surface area contributed by atoms with E-state index in [4.69, 9.17) is 0 Å². The molecule has 0 spiro atoms. The zero-order valence-corrected chi connectivity index (χ0v) is 14.1. The number of hydrogen-bond acceptors (Lipinski definition) is 4. The lowest BCUT2D eigenvalue weighted by atomic mass is 9.91. The van der Waals surface area contributed by atoms with E-state index in [0.29, 0.717) is 4.88 Å². The molecule has 1 aromatic rings. The van der Waals surface area contributed by atoms with Gasteiger partial charge in [-0.1, -0.05) is 48.1 Å². The van der Waals surface area contributed by atoms with Gasteiger partial charge in [0.05, 0.1) is 5.69 Å². The Morgan fingerprint density at radius 1 is 1.33 bits per heavy atom. The van der Waals surface area contributed by atoms with Crippen LogP contribution < -0.4 is 5.32 Å². The number of hydrogen-bond donors (Lipinski definition) is 1. The quantitative estimate of drug-likeness (QED) is 0.864. The minimum Gasteiger partial charge on any atom is -0.345 e. The summed E-state index contributed by atoms with van der Waals surface area (Å²) in [5.74, 6) is -0.105. The predicted octanol–water partition coefficient (Wildman–Crippen LogP) is 3.13. The molecule has 6 heteroatoms. The first kappa shape index (κ1) is 15.6. The van der Waals surface area contributed by atoms with Crippen LogP contribution in [0.3, 0.4) is 0 Å². The Morgan fingerprint density at radius 3 is 2.33 bits per heavy atom. The number of nitrogens with one attached hydrogen (secondary N) is 1. The van der Waals surface area contributed by atoms with Crippen molar-refractivity contribution in [3.8, 4) is 0 Å². The molecule has 1 N–H and O–H groups in total. The van der Waals surface area contributed by atoms with E-state index < -0.39 is 0 Å². The molecule has 1 rings (SSSR count). The van der Waals surface area contributed by atoms with Crippen LogP contribution in [0, 0.1) is 0 Å². The summed E-state index contributed by atoms with van der Waals surface area (Å²) in [6.45, 7) is 12.1. The van der Waals surface area contributed by atoms with Gasteiger partial charge in [-0.2, -0.15) is 0 Å². The first-order valence-corrected chi connectivity index (χ1v) is 7.54. The molecule has 0 aromatic carbocycles. The fourth-order valence-electron chi connectivity index (χ4n) is 1.28. The summed E-state index contributed by atoms with van der Waals surface area (Å²) in [5.41, 5.74) is 0.253. The Bertz CT molecular complexity index is 435. The van der Waals surface area contributed by atoms with E-state index in [1.165, 1.54) is 0 Å². The van der Waals surface area contributed by atoms with Crippen LogP contribution in [0.5, 0.6) is 0 Å². The molecule has 102 valence electrons. The molecule has 0 aliphatic heterocycles. The molecule has 4 nitrogen and oxygen atoms in total. The molecule has 1 heterocycles. The summed E-state index contributed by atoms with van der Waals surface area (Å²) < 4.78 is 3.90. The lowest BCUT2D eigenvalue weighted by Gasteiger charge is -2.29. The molecular formula is C12H20BrN3OS. The number of rotatable bonds is 3. The van der Waals surface area contributed by atoms with Crippen LogP contribution in [0.1, 0.15) is 56.9 Å². The molecule has 1 aromatic heterocycles. The summed E-state index contributed by atoms with van der Waals surface area (Å²) in [4.78, 5) is 13.1. The Labute approximate surface area is 121 Å². The summed E-state index contributed by atoms with van der Waals surface area (Å²) in [7, 11) is 0. The lowest BCUT2D eigenvalue weighted by molar-refractivity contribution is 0.0915. The second kappa shape index (κ2) is 5.25. The maximum Gasteiger partial charge on any atom is 0.265 e. The average molecular weight is 334 g/mol. The van der Waals surface area contributed by atoms with Crippen molar-refractivity contribution in [2.45, 2.75) is 57.3 Å². The molecule has 1 amide bonds. The van der Waals surface area contributed by atoms with Gasteiger partial charge in [-0.25, -0.2) is 0 Å². The molecule has 0 radical (unpaired) electrons. The van der Waals surface area contributed by atoms with Gasteiger partial charge < -0.3 is 5.32 Å². The van der Waals surface area contributed by atoms with Crippen molar-refractivity contribution in [3.63, 3.8) is 0 Å². The summed E-state index contributed by atoms with van der Waals surface area (Å²) in [6.07, 6.45) is 0. The second-order valence-electron chi connectivity index (χ2n) is 5.99. The number of carbonyl (C=O) groups excluding carboxylic acids is 1. The van der Waals surface area contributed by atoms with Gasteiger partial charge in [-0.3, -0.25) is 4.79 Å². The van der Waals surface area contributed by atoms with E-state index in [1.807, 2.05) is 41.5 Å². The molecule has 1 atom stereocenters. The zero-order chi connectivity index (χ0) is 14.1. The number of nitrogens with zero attached hydrogens (tertiary/aromatic N) is 2. The smallest absolute Gasteiger partial charge is 0.265 e. The Kier molecular flexibility index (Phi) is 4.54. The Balaban J connectivity index is 2.97. The number of amides is 1. The third-order valence-electron chi connectivity index (χ3n) is 2.83. The average Bonchev–Trinajstić information content (AvgIpc) is 2.63. The lowest BCUT2D eigenvalue weighted by Crippen LogP contribution is -2.49. The number of alkyl halides is 1. The van der Waals surface area contributed by atoms with Crippen molar-refractivity contribution in [2.75, 3.05) is 0 Å². The van der Waals surface area contributed by atoms with Gasteiger partial charge in [0.1, 0.15) is 4.88 Å². The molecule has 1 unspecified atom stereocenters. The number of halogens is 1. The van der Waals surface area contributed by atoms with Crippen molar-refractivity contribution in [1.82, 2.24) is 14.9 Å². The SMILES string of the molecule is CC(Br)C(C)(C)NC(=O)c1snnc1C(C)(C)C. The van der Waals surface area contributed by atoms with E-state index in [2.05, 4.69) is 30.8 Å². The molecule has 0 fully saturated rings. The third-order valence-corrected chi connectivity index (χ3v) is 4.70. The Morgan fingerprint density at radius 2 is 1.89 bits per heavy atom. The van der Waals surface area contributed by atoms with Crippen LogP contribution >= 0.6 is 27.5 Å². The van der Waals surface area contributed by atoms with Crippen LogP contribution in [-0.2, 0) is 5.41 Å². The van der Waals surface area contributed by atoms with Crippen LogP contribution in [0.15, 0.2) is 0 Å². The molecule has 18 heavy (non-hydrogen) atoms. The number of carbonyl (C=O) groups is 1. The van der Waals surface area contributed by atoms with Crippen molar-refractivity contribution >= 4 is 33.4 Å². The van der Waals surface area contributed by atoms with Crippen LogP contribution in [0.2, 0.25) is 0 Å². The van der Waals surface area contributed by atoms with E-state index in [9.17, 15) is 4.79 Å². The first-order chi connectivity index (χ1) is 8.05.